The van der Waals surface area contributed by atoms with E-state index in [9.17, 15) is 29.7 Å². The van der Waals surface area contributed by atoms with E-state index < -0.39 is 46.8 Å². The van der Waals surface area contributed by atoms with Crippen molar-refractivity contribution in [3.05, 3.63) is 51.6 Å². The largest absolute Gasteiger partial charge is 0.507 e. The molecule has 6 atom stereocenters. The third-order valence-electron chi connectivity index (χ3n) is 8.34. The van der Waals surface area contributed by atoms with Gasteiger partial charge >= 0.3 is 0 Å². The molecule has 2 fully saturated rings. The number of phenolic OH excluding ortho intramolecular Hbond substituents is 2. The van der Waals surface area contributed by atoms with E-state index in [2.05, 4.69) is 5.32 Å². The van der Waals surface area contributed by atoms with Crippen molar-refractivity contribution < 1.29 is 48.7 Å². The maximum atomic E-state index is 13.7. The Morgan fingerprint density at radius 3 is 2.59 bits per heavy atom. The van der Waals surface area contributed by atoms with Gasteiger partial charge in [0.1, 0.15) is 29.0 Å². The molecular formula is C28H29NO10. The average Bonchev–Trinajstić information content (AvgIpc) is 3.38. The zero-order chi connectivity index (χ0) is 27.8. The summed E-state index contributed by atoms with van der Waals surface area (Å²) >= 11 is 0. The second-order valence-corrected chi connectivity index (χ2v) is 10.6. The molecule has 0 saturated carbocycles. The van der Waals surface area contributed by atoms with Gasteiger partial charge in [-0.25, -0.2) is 0 Å². The second-order valence-electron chi connectivity index (χ2n) is 10.6. The molecule has 0 aromatic heterocycles. The lowest BCUT2D eigenvalue weighted by Crippen LogP contribution is -2.50. The number of aromatic hydroxyl groups is 2. The number of benzene rings is 2. The van der Waals surface area contributed by atoms with Gasteiger partial charge in [-0.2, -0.15) is 0 Å². The van der Waals surface area contributed by atoms with Crippen molar-refractivity contribution in [2.75, 3.05) is 13.8 Å². The van der Waals surface area contributed by atoms with Gasteiger partial charge in [0.25, 0.3) is 0 Å². The Morgan fingerprint density at radius 1 is 1.13 bits per heavy atom. The van der Waals surface area contributed by atoms with Crippen LogP contribution in [-0.2, 0) is 25.4 Å². The summed E-state index contributed by atoms with van der Waals surface area (Å²) in [5.41, 5.74) is -2.72. The summed E-state index contributed by atoms with van der Waals surface area (Å²) in [6, 6.07) is 4.45. The summed E-state index contributed by atoms with van der Waals surface area (Å²) in [5.74, 6) is -2.94. The summed E-state index contributed by atoms with van der Waals surface area (Å²) in [5, 5.41) is 37.5. The molecule has 2 aliphatic heterocycles. The highest BCUT2D eigenvalue weighted by molar-refractivity contribution is 6.31. The number of fused-ring (bicyclic) bond motifs is 4. The molecule has 2 aromatic carbocycles. The van der Waals surface area contributed by atoms with E-state index in [1.54, 1.807) is 6.07 Å². The molecule has 2 heterocycles. The van der Waals surface area contributed by atoms with E-state index in [1.165, 1.54) is 26.2 Å². The molecule has 4 aliphatic rings. The highest BCUT2D eigenvalue weighted by Crippen LogP contribution is 2.52. The van der Waals surface area contributed by atoms with Crippen LogP contribution in [0.1, 0.15) is 75.8 Å². The molecule has 6 rings (SSSR count). The minimum atomic E-state index is -1.95. The van der Waals surface area contributed by atoms with Crippen LogP contribution in [0.5, 0.6) is 17.2 Å². The Balaban J connectivity index is 1.49. The first-order valence-corrected chi connectivity index (χ1v) is 12.8. The Bertz CT molecular complexity index is 1420. The van der Waals surface area contributed by atoms with Crippen molar-refractivity contribution in [3.63, 3.8) is 0 Å². The molecule has 0 bridgehead atoms. The van der Waals surface area contributed by atoms with Gasteiger partial charge in [0.05, 0.1) is 42.7 Å². The van der Waals surface area contributed by atoms with Gasteiger partial charge in [0.15, 0.2) is 17.9 Å². The lowest BCUT2D eigenvalue weighted by molar-refractivity contribution is -0.244. The highest BCUT2D eigenvalue weighted by atomic mass is 16.7. The predicted octanol–water partition coefficient (Wildman–Crippen LogP) is 1.66. The predicted molar refractivity (Wildman–Crippen MR) is 133 cm³/mol. The Labute approximate surface area is 223 Å². The van der Waals surface area contributed by atoms with Crippen LogP contribution in [0.3, 0.4) is 0 Å². The molecule has 39 heavy (non-hydrogen) atoms. The molecule has 0 amide bonds. The quantitative estimate of drug-likeness (QED) is 0.357. The van der Waals surface area contributed by atoms with Crippen LogP contribution in [0.2, 0.25) is 0 Å². The molecule has 11 nitrogen and oxygen atoms in total. The first-order valence-electron chi connectivity index (χ1n) is 12.8. The molecule has 2 aliphatic carbocycles. The Hall–Kier alpha value is -3.35. The van der Waals surface area contributed by atoms with Crippen LogP contribution in [0.4, 0.5) is 0 Å². The summed E-state index contributed by atoms with van der Waals surface area (Å²) < 4.78 is 23.2. The third-order valence-corrected chi connectivity index (χ3v) is 8.34. The van der Waals surface area contributed by atoms with Crippen molar-refractivity contribution in [3.8, 4) is 17.2 Å². The lowest BCUT2D eigenvalue weighted by atomic mass is 9.72. The zero-order valence-electron chi connectivity index (χ0n) is 21.6. The van der Waals surface area contributed by atoms with Crippen LogP contribution < -0.4 is 10.1 Å². The Kier molecular flexibility index (Phi) is 6.05. The van der Waals surface area contributed by atoms with Crippen molar-refractivity contribution in [2.45, 2.75) is 69.4 Å². The van der Waals surface area contributed by atoms with Gasteiger partial charge in [-0.15, -0.1) is 0 Å². The van der Waals surface area contributed by atoms with E-state index in [0.29, 0.717) is 13.2 Å². The van der Waals surface area contributed by atoms with E-state index in [1.807, 2.05) is 6.92 Å². The minimum absolute atomic E-state index is 0.0115. The zero-order valence-corrected chi connectivity index (χ0v) is 21.6. The summed E-state index contributed by atoms with van der Waals surface area (Å²) in [7, 11) is 1.36. The maximum absolute atomic E-state index is 13.7. The van der Waals surface area contributed by atoms with Gasteiger partial charge in [-0.1, -0.05) is 12.1 Å². The monoisotopic (exact) mass is 539 g/mol. The lowest BCUT2D eigenvalue weighted by Gasteiger charge is -2.42. The van der Waals surface area contributed by atoms with Crippen LogP contribution in [-0.4, -0.2) is 76.7 Å². The average molecular weight is 540 g/mol. The topological polar surface area (TPSA) is 161 Å². The number of ether oxygens (including phenoxy) is 4. The van der Waals surface area contributed by atoms with Crippen LogP contribution >= 0.6 is 0 Å². The van der Waals surface area contributed by atoms with Crippen molar-refractivity contribution >= 4 is 17.3 Å². The fourth-order valence-corrected chi connectivity index (χ4v) is 6.32. The SMILES string of the molecule is COc1cccc2c1C(=O)c1c(O)c3c(c(O)c1C2=O)C[C@@](O)(C(C)=O)CC3OC1CC2NCOC2C(C)O1. The first-order chi connectivity index (χ1) is 18.6. The normalized spacial score (nSPS) is 31.2. The molecule has 2 aromatic rings. The van der Waals surface area contributed by atoms with Gasteiger partial charge in [-0.05, 0) is 19.9 Å². The second kappa shape index (κ2) is 9.10. The number of methoxy groups -OCH3 is 1. The van der Waals surface area contributed by atoms with Gasteiger partial charge in [-0.3, -0.25) is 19.7 Å². The molecule has 11 heteroatoms. The van der Waals surface area contributed by atoms with Crippen molar-refractivity contribution in [1.82, 2.24) is 5.32 Å². The number of carbonyl (C=O) groups is 3. The van der Waals surface area contributed by atoms with E-state index in [-0.39, 0.29) is 70.2 Å². The molecular weight excluding hydrogens is 510 g/mol. The number of rotatable bonds is 4. The van der Waals surface area contributed by atoms with E-state index in [0.717, 1.165) is 0 Å². The number of Topliss-reactive ketones (excluding diaryl/α,β-unsaturated/α-hetero) is 1. The van der Waals surface area contributed by atoms with Crippen LogP contribution in [0, 0.1) is 0 Å². The number of ketones is 3. The molecule has 4 N–H and O–H groups in total. The summed E-state index contributed by atoms with van der Waals surface area (Å²) in [4.78, 5) is 39.8. The van der Waals surface area contributed by atoms with Crippen LogP contribution in [0.15, 0.2) is 18.2 Å². The van der Waals surface area contributed by atoms with Crippen molar-refractivity contribution in [2.24, 2.45) is 0 Å². The number of phenols is 2. The number of carbonyl (C=O) groups excluding carboxylic acids is 3. The number of nitrogens with one attached hydrogen (secondary N) is 1. The molecule has 206 valence electrons. The number of hydrogen-bond acceptors (Lipinski definition) is 11. The smallest absolute Gasteiger partial charge is 0.202 e. The van der Waals surface area contributed by atoms with Gasteiger partial charge in [0.2, 0.25) is 5.78 Å². The fraction of sp³-hybridized carbons (Fsp3) is 0.464. The molecule has 5 unspecified atom stereocenters. The fourth-order valence-electron chi connectivity index (χ4n) is 6.32. The number of aliphatic hydroxyl groups is 1. The first kappa shape index (κ1) is 25.9. The highest BCUT2D eigenvalue weighted by Gasteiger charge is 2.50. The summed E-state index contributed by atoms with van der Waals surface area (Å²) in [6.45, 7) is 3.43. The number of hydrogen-bond donors (Lipinski definition) is 4. The van der Waals surface area contributed by atoms with Gasteiger partial charge in [0, 0.05) is 42.0 Å². The van der Waals surface area contributed by atoms with Crippen molar-refractivity contribution in [1.29, 1.82) is 0 Å². The Morgan fingerprint density at radius 2 is 1.87 bits per heavy atom. The molecule has 0 spiro atoms. The standard InChI is InChI=1S/C28H29NO10/c1-11-27-15(29-10-37-27)7-18(38-11)39-17-9-28(35,12(2)30)8-14-20(17)26(34)22-21(24(14)32)23(31)13-5-4-6-16(36-3)19(13)25(22)33/h4-6,11,15,17-18,27,29,32,34-35H,7-10H2,1-3H3/t11?,15?,17?,18?,27?,28-/m0/s1. The van der Waals surface area contributed by atoms with Gasteiger partial charge < -0.3 is 34.3 Å². The molecule has 0 radical (unpaired) electrons. The van der Waals surface area contributed by atoms with E-state index >= 15 is 0 Å². The van der Waals surface area contributed by atoms with E-state index in [4.69, 9.17) is 18.9 Å². The molecule has 2 saturated heterocycles. The maximum Gasteiger partial charge on any atom is 0.202 e. The minimum Gasteiger partial charge on any atom is -0.507 e. The third kappa shape index (κ3) is 3.80. The summed E-state index contributed by atoms with van der Waals surface area (Å²) in [6.07, 6.45) is -2.68. The van der Waals surface area contributed by atoms with Crippen LogP contribution in [0.25, 0.3) is 0 Å².